The van der Waals surface area contributed by atoms with Crippen LogP contribution in [0.3, 0.4) is 0 Å². The monoisotopic (exact) mass is 400 g/mol. The summed E-state index contributed by atoms with van der Waals surface area (Å²) < 4.78 is 11.1. The number of hydrogen-bond donors (Lipinski definition) is 1. The van der Waals surface area contributed by atoms with Gasteiger partial charge in [-0.3, -0.25) is 9.59 Å². The van der Waals surface area contributed by atoms with Gasteiger partial charge in [-0.25, -0.2) is 0 Å². The van der Waals surface area contributed by atoms with Crippen LogP contribution < -0.4 is 14.8 Å². The van der Waals surface area contributed by atoms with Crippen LogP contribution in [-0.2, 0) is 11.3 Å². The number of hydrogen-bond acceptors (Lipinski definition) is 4. The lowest BCUT2D eigenvalue weighted by atomic mass is 10.1. The Morgan fingerprint density at radius 3 is 2.75 bits per heavy atom. The molecule has 6 nitrogen and oxygen atoms in total. The zero-order valence-electron chi connectivity index (χ0n) is 15.3. The molecule has 1 atom stereocenters. The predicted octanol–water partition coefficient (Wildman–Crippen LogP) is 3.03. The van der Waals surface area contributed by atoms with E-state index in [1.807, 2.05) is 24.3 Å². The Bertz CT molecular complexity index is 887. The number of nitrogens with zero attached hydrogens (tertiary/aromatic N) is 1. The second kappa shape index (κ2) is 8.10. The maximum Gasteiger partial charge on any atom is 0.254 e. The first-order valence-electron chi connectivity index (χ1n) is 9.35. The van der Waals surface area contributed by atoms with Gasteiger partial charge in [0.25, 0.3) is 5.91 Å². The van der Waals surface area contributed by atoms with E-state index in [2.05, 4.69) is 5.32 Å². The van der Waals surface area contributed by atoms with E-state index < -0.39 is 6.04 Å². The normalized spacial score (nSPS) is 18.0. The molecule has 0 bridgehead atoms. The molecule has 2 aliphatic heterocycles. The molecule has 2 amide bonds. The average Bonchev–Trinajstić information content (AvgIpc) is 3.22. The fourth-order valence-corrected chi connectivity index (χ4v) is 3.89. The lowest BCUT2D eigenvalue weighted by Gasteiger charge is -2.24. The molecule has 0 saturated carbocycles. The van der Waals surface area contributed by atoms with Crippen molar-refractivity contribution < 1.29 is 19.1 Å². The number of ether oxygens (including phenoxy) is 2. The van der Waals surface area contributed by atoms with Gasteiger partial charge in [0, 0.05) is 18.7 Å². The van der Waals surface area contributed by atoms with Gasteiger partial charge >= 0.3 is 0 Å². The number of likely N-dealkylation sites (tertiary alicyclic amines) is 1. The van der Waals surface area contributed by atoms with Gasteiger partial charge in [-0.05, 0) is 42.7 Å². The first-order valence-corrected chi connectivity index (χ1v) is 9.73. The first kappa shape index (κ1) is 18.6. The van der Waals surface area contributed by atoms with Crippen molar-refractivity contribution in [1.29, 1.82) is 0 Å². The summed E-state index contributed by atoms with van der Waals surface area (Å²) in [5.74, 6) is 0.858. The Hall–Kier alpha value is -2.73. The van der Waals surface area contributed by atoms with Gasteiger partial charge in [-0.15, -0.1) is 0 Å². The molecule has 0 aromatic heterocycles. The van der Waals surface area contributed by atoms with E-state index in [9.17, 15) is 9.59 Å². The van der Waals surface area contributed by atoms with Crippen LogP contribution in [0.2, 0.25) is 5.02 Å². The molecule has 0 spiro atoms. The van der Waals surface area contributed by atoms with E-state index >= 15 is 0 Å². The lowest BCUT2D eigenvalue weighted by Crippen LogP contribution is -2.45. The van der Waals surface area contributed by atoms with Gasteiger partial charge in [0.05, 0.1) is 5.02 Å². The Labute approximate surface area is 168 Å². The second-order valence-electron chi connectivity index (χ2n) is 6.84. The van der Waals surface area contributed by atoms with Gasteiger partial charge in [-0.2, -0.15) is 0 Å². The molecule has 2 aromatic carbocycles. The minimum Gasteiger partial charge on any atom is -0.486 e. The number of fused-ring (bicyclic) bond motifs is 1. The van der Waals surface area contributed by atoms with Gasteiger partial charge in [0.1, 0.15) is 19.3 Å². The van der Waals surface area contributed by atoms with Crippen LogP contribution >= 0.6 is 11.6 Å². The fraction of sp³-hybridized carbons (Fsp3) is 0.333. The molecule has 1 fully saturated rings. The number of benzene rings is 2. The van der Waals surface area contributed by atoms with Crippen molar-refractivity contribution in [3.8, 4) is 11.5 Å². The third-order valence-corrected chi connectivity index (χ3v) is 5.24. The molecule has 2 aromatic rings. The SMILES string of the molecule is O=C(NCc1cc(Cl)c2c(c1)OCCO2)C1CCCN1C(=O)c1ccccc1. The molecule has 1 saturated heterocycles. The van der Waals surface area contributed by atoms with Gasteiger partial charge < -0.3 is 19.7 Å². The van der Waals surface area contributed by atoms with E-state index in [-0.39, 0.29) is 11.8 Å². The number of rotatable bonds is 4. The standard InChI is InChI=1S/C21H21ClN2O4/c22-16-11-14(12-18-19(16)28-10-9-27-18)13-23-20(25)17-7-4-8-24(17)21(26)15-5-2-1-3-6-15/h1-3,5-6,11-12,17H,4,7-10,13H2,(H,23,25). The smallest absolute Gasteiger partial charge is 0.254 e. The summed E-state index contributed by atoms with van der Waals surface area (Å²) >= 11 is 6.25. The van der Waals surface area contributed by atoms with Crippen LogP contribution in [0.4, 0.5) is 0 Å². The van der Waals surface area contributed by atoms with Crippen LogP contribution in [0.5, 0.6) is 11.5 Å². The van der Waals surface area contributed by atoms with E-state index in [1.54, 1.807) is 23.1 Å². The Morgan fingerprint density at radius 2 is 1.93 bits per heavy atom. The van der Waals surface area contributed by atoms with Crippen molar-refractivity contribution in [2.75, 3.05) is 19.8 Å². The summed E-state index contributed by atoms with van der Waals surface area (Å²) in [6.07, 6.45) is 1.47. The second-order valence-corrected chi connectivity index (χ2v) is 7.25. The Balaban J connectivity index is 1.42. The van der Waals surface area contributed by atoms with E-state index in [1.165, 1.54) is 0 Å². The lowest BCUT2D eigenvalue weighted by molar-refractivity contribution is -0.125. The molecule has 7 heteroatoms. The summed E-state index contributed by atoms with van der Waals surface area (Å²) in [6.45, 7) is 1.83. The van der Waals surface area contributed by atoms with Crippen molar-refractivity contribution in [2.24, 2.45) is 0 Å². The van der Waals surface area contributed by atoms with Gasteiger partial charge in [0.2, 0.25) is 5.91 Å². The van der Waals surface area contributed by atoms with Gasteiger partial charge in [0.15, 0.2) is 11.5 Å². The summed E-state index contributed by atoms with van der Waals surface area (Å²) in [5.41, 5.74) is 1.42. The highest BCUT2D eigenvalue weighted by atomic mass is 35.5. The fourth-order valence-electron chi connectivity index (χ4n) is 3.60. The molecule has 0 aliphatic carbocycles. The third-order valence-electron chi connectivity index (χ3n) is 4.96. The van der Waals surface area contributed by atoms with Crippen LogP contribution in [0.1, 0.15) is 28.8 Å². The van der Waals surface area contributed by atoms with Crippen LogP contribution in [-0.4, -0.2) is 42.5 Å². The number of carbonyl (C=O) groups is 2. The molecule has 1 unspecified atom stereocenters. The summed E-state index contributed by atoms with van der Waals surface area (Å²) in [5, 5.41) is 3.38. The van der Waals surface area contributed by atoms with Crippen LogP contribution in [0.25, 0.3) is 0 Å². The zero-order valence-corrected chi connectivity index (χ0v) is 16.1. The highest BCUT2D eigenvalue weighted by molar-refractivity contribution is 6.32. The van der Waals surface area contributed by atoms with Crippen LogP contribution in [0, 0.1) is 0 Å². The quantitative estimate of drug-likeness (QED) is 0.856. The van der Waals surface area contributed by atoms with Crippen molar-refractivity contribution in [1.82, 2.24) is 10.2 Å². The number of carbonyl (C=O) groups excluding carboxylic acids is 2. The zero-order chi connectivity index (χ0) is 19.5. The largest absolute Gasteiger partial charge is 0.486 e. The summed E-state index contributed by atoms with van der Waals surface area (Å²) in [7, 11) is 0. The number of amides is 2. The maximum absolute atomic E-state index is 12.7. The van der Waals surface area contributed by atoms with Crippen molar-refractivity contribution in [2.45, 2.75) is 25.4 Å². The number of nitrogens with one attached hydrogen (secondary N) is 1. The summed E-state index contributed by atoms with van der Waals surface area (Å²) in [4.78, 5) is 27.1. The van der Waals surface area contributed by atoms with E-state index in [4.69, 9.17) is 21.1 Å². The highest BCUT2D eigenvalue weighted by Gasteiger charge is 2.34. The topological polar surface area (TPSA) is 67.9 Å². The molecular weight excluding hydrogens is 380 g/mol. The minimum absolute atomic E-state index is 0.111. The first-order chi connectivity index (χ1) is 13.6. The van der Waals surface area contributed by atoms with Gasteiger partial charge in [-0.1, -0.05) is 29.8 Å². The predicted molar refractivity (Wildman–Crippen MR) is 105 cm³/mol. The van der Waals surface area contributed by atoms with Crippen LogP contribution in [0.15, 0.2) is 42.5 Å². The Kier molecular flexibility index (Phi) is 5.39. The molecule has 28 heavy (non-hydrogen) atoms. The van der Waals surface area contributed by atoms with Crippen molar-refractivity contribution in [3.05, 3.63) is 58.6 Å². The number of halogens is 1. The average molecular weight is 401 g/mol. The van der Waals surface area contributed by atoms with Crippen molar-refractivity contribution in [3.63, 3.8) is 0 Å². The maximum atomic E-state index is 12.7. The molecule has 146 valence electrons. The molecule has 1 N–H and O–H groups in total. The minimum atomic E-state index is -0.458. The molecule has 2 heterocycles. The van der Waals surface area contributed by atoms with E-state index in [0.29, 0.717) is 54.8 Å². The Morgan fingerprint density at radius 1 is 1.14 bits per heavy atom. The molecular formula is C21H21ClN2O4. The van der Waals surface area contributed by atoms with E-state index in [0.717, 1.165) is 12.0 Å². The molecule has 2 aliphatic rings. The highest BCUT2D eigenvalue weighted by Crippen LogP contribution is 2.38. The molecule has 0 radical (unpaired) electrons. The van der Waals surface area contributed by atoms with Crippen molar-refractivity contribution >= 4 is 23.4 Å². The third kappa shape index (κ3) is 3.78. The summed E-state index contributed by atoms with van der Waals surface area (Å²) in [6, 6.07) is 12.2. The molecule has 4 rings (SSSR count).